The Bertz CT molecular complexity index is 436. The third kappa shape index (κ3) is 4.13. The zero-order valence-electron chi connectivity index (χ0n) is 11.7. The number of hydrogen-bond donors (Lipinski definition) is 0. The van der Waals surface area contributed by atoms with Gasteiger partial charge in [0, 0.05) is 31.6 Å². The fourth-order valence-corrected chi connectivity index (χ4v) is 3.04. The summed E-state index contributed by atoms with van der Waals surface area (Å²) in [6.45, 7) is 7.44. The zero-order chi connectivity index (χ0) is 13.8. The first kappa shape index (κ1) is 14.2. The maximum Gasteiger partial charge on any atom is 0.164 e. The van der Waals surface area contributed by atoms with Crippen molar-refractivity contribution in [3.05, 3.63) is 35.6 Å². The van der Waals surface area contributed by atoms with E-state index in [9.17, 15) is 9.18 Å². The molecule has 104 valence electrons. The Labute approximate surface area is 114 Å². The number of carbonyl (C=O) groups is 1. The summed E-state index contributed by atoms with van der Waals surface area (Å²) in [6.07, 6.45) is 1.75. The highest BCUT2D eigenvalue weighted by Gasteiger charge is 2.22. The van der Waals surface area contributed by atoms with E-state index in [1.54, 1.807) is 12.1 Å². The third-order valence-electron chi connectivity index (χ3n) is 3.75. The molecule has 1 heterocycles. The molecule has 1 fully saturated rings. The molecule has 1 aliphatic rings. The van der Waals surface area contributed by atoms with Gasteiger partial charge in [-0.2, -0.15) is 0 Å². The quantitative estimate of drug-likeness (QED) is 0.776. The van der Waals surface area contributed by atoms with Gasteiger partial charge in [0.1, 0.15) is 5.82 Å². The van der Waals surface area contributed by atoms with E-state index < -0.39 is 0 Å². The number of nitrogens with zero attached hydrogens (tertiary/aromatic N) is 1. The van der Waals surface area contributed by atoms with Gasteiger partial charge in [-0.3, -0.25) is 4.79 Å². The molecule has 0 aromatic heterocycles. The van der Waals surface area contributed by atoms with Crippen molar-refractivity contribution in [2.24, 2.45) is 11.8 Å². The molecule has 1 aromatic carbocycles. The Morgan fingerprint density at radius 1 is 1.32 bits per heavy atom. The molecule has 0 saturated carbocycles. The first-order valence-electron chi connectivity index (χ1n) is 7.05. The lowest BCUT2D eigenvalue weighted by atomic mass is 9.91. The maximum atomic E-state index is 13.1. The largest absolute Gasteiger partial charge is 0.302 e. The van der Waals surface area contributed by atoms with Crippen molar-refractivity contribution in [2.75, 3.05) is 19.6 Å². The first-order valence-corrected chi connectivity index (χ1v) is 7.05. The molecule has 2 atom stereocenters. The SMILES string of the molecule is CC1CC(C)CN(CCC(=O)c2cccc(F)c2)C1. The van der Waals surface area contributed by atoms with Crippen molar-refractivity contribution in [1.82, 2.24) is 4.90 Å². The summed E-state index contributed by atoms with van der Waals surface area (Å²) in [7, 11) is 0. The number of halogens is 1. The Morgan fingerprint density at radius 2 is 2.00 bits per heavy atom. The highest BCUT2D eigenvalue weighted by Crippen LogP contribution is 2.21. The minimum absolute atomic E-state index is 0.0328. The Kier molecular flexibility index (Phi) is 4.70. The second-order valence-electron chi connectivity index (χ2n) is 5.89. The van der Waals surface area contributed by atoms with Crippen LogP contribution in [0.3, 0.4) is 0 Å². The van der Waals surface area contributed by atoms with Crippen LogP contribution in [-0.4, -0.2) is 30.3 Å². The number of carbonyl (C=O) groups excluding carboxylic acids is 1. The van der Waals surface area contributed by atoms with Crippen LogP contribution in [0, 0.1) is 17.7 Å². The lowest BCUT2D eigenvalue weighted by molar-refractivity contribution is 0.0925. The number of piperidine rings is 1. The molecule has 1 aromatic rings. The predicted octanol–water partition coefficient (Wildman–Crippen LogP) is 3.38. The van der Waals surface area contributed by atoms with Crippen molar-refractivity contribution >= 4 is 5.78 Å². The summed E-state index contributed by atoms with van der Waals surface area (Å²) >= 11 is 0. The number of likely N-dealkylation sites (tertiary alicyclic amines) is 1. The topological polar surface area (TPSA) is 20.3 Å². The second kappa shape index (κ2) is 6.29. The molecule has 2 unspecified atom stereocenters. The van der Waals surface area contributed by atoms with E-state index >= 15 is 0 Å². The van der Waals surface area contributed by atoms with Crippen LogP contribution in [0.1, 0.15) is 37.0 Å². The predicted molar refractivity (Wildman–Crippen MR) is 74.7 cm³/mol. The van der Waals surface area contributed by atoms with Gasteiger partial charge in [0.15, 0.2) is 5.78 Å². The van der Waals surface area contributed by atoms with Gasteiger partial charge in [-0.15, -0.1) is 0 Å². The van der Waals surface area contributed by atoms with E-state index in [-0.39, 0.29) is 11.6 Å². The van der Waals surface area contributed by atoms with Crippen LogP contribution in [0.4, 0.5) is 4.39 Å². The van der Waals surface area contributed by atoms with E-state index in [0.717, 1.165) is 19.6 Å². The number of rotatable bonds is 4. The van der Waals surface area contributed by atoms with E-state index in [4.69, 9.17) is 0 Å². The molecule has 2 nitrogen and oxygen atoms in total. The molecular weight excluding hydrogens is 241 g/mol. The van der Waals surface area contributed by atoms with Gasteiger partial charge in [0.25, 0.3) is 0 Å². The Morgan fingerprint density at radius 3 is 2.63 bits per heavy atom. The molecule has 1 aliphatic heterocycles. The summed E-state index contributed by atoms with van der Waals surface area (Å²) < 4.78 is 13.1. The standard InChI is InChI=1S/C16H22FNO/c1-12-8-13(2)11-18(10-12)7-6-16(19)14-4-3-5-15(17)9-14/h3-5,9,12-13H,6-8,10-11H2,1-2H3. The highest BCUT2D eigenvalue weighted by molar-refractivity contribution is 5.96. The third-order valence-corrected chi connectivity index (χ3v) is 3.75. The fourth-order valence-electron chi connectivity index (χ4n) is 3.04. The van der Waals surface area contributed by atoms with Crippen LogP contribution < -0.4 is 0 Å². The molecule has 1 saturated heterocycles. The van der Waals surface area contributed by atoms with Gasteiger partial charge in [0.2, 0.25) is 0 Å². The summed E-state index contributed by atoms with van der Waals surface area (Å²) in [5, 5.41) is 0. The molecule has 0 radical (unpaired) electrons. The molecule has 19 heavy (non-hydrogen) atoms. The Hall–Kier alpha value is -1.22. The van der Waals surface area contributed by atoms with Crippen molar-refractivity contribution < 1.29 is 9.18 Å². The zero-order valence-corrected chi connectivity index (χ0v) is 11.7. The van der Waals surface area contributed by atoms with Gasteiger partial charge >= 0.3 is 0 Å². The molecule has 0 spiro atoms. The monoisotopic (exact) mass is 263 g/mol. The van der Waals surface area contributed by atoms with Crippen LogP contribution >= 0.6 is 0 Å². The number of Topliss-reactive ketones (excluding diaryl/α,β-unsaturated/α-hetero) is 1. The van der Waals surface area contributed by atoms with Gasteiger partial charge in [-0.05, 0) is 30.4 Å². The van der Waals surface area contributed by atoms with Gasteiger partial charge in [-0.1, -0.05) is 26.0 Å². The molecule has 3 heteroatoms. The molecule has 0 aliphatic carbocycles. The second-order valence-corrected chi connectivity index (χ2v) is 5.89. The van der Waals surface area contributed by atoms with Crippen LogP contribution in [0.25, 0.3) is 0 Å². The molecule has 0 bridgehead atoms. The van der Waals surface area contributed by atoms with E-state index in [1.807, 2.05) is 0 Å². The van der Waals surface area contributed by atoms with Crippen LogP contribution in [-0.2, 0) is 0 Å². The lowest BCUT2D eigenvalue weighted by Gasteiger charge is -2.34. The molecule has 0 amide bonds. The van der Waals surface area contributed by atoms with E-state index in [2.05, 4.69) is 18.7 Å². The van der Waals surface area contributed by atoms with Crippen LogP contribution in [0.5, 0.6) is 0 Å². The fraction of sp³-hybridized carbons (Fsp3) is 0.562. The maximum absolute atomic E-state index is 13.1. The number of hydrogen-bond acceptors (Lipinski definition) is 2. The van der Waals surface area contributed by atoms with Gasteiger partial charge < -0.3 is 4.90 Å². The van der Waals surface area contributed by atoms with Gasteiger partial charge in [0.05, 0.1) is 0 Å². The number of benzene rings is 1. The normalized spacial score (nSPS) is 24.4. The summed E-state index contributed by atoms with van der Waals surface area (Å²) in [4.78, 5) is 14.4. The highest BCUT2D eigenvalue weighted by atomic mass is 19.1. The van der Waals surface area contributed by atoms with Crippen molar-refractivity contribution in [3.8, 4) is 0 Å². The van der Waals surface area contributed by atoms with Crippen molar-refractivity contribution in [3.63, 3.8) is 0 Å². The first-order chi connectivity index (χ1) is 9.04. The van der Waals surface area contributed by atoms with E-state index in [1.165, 1.54) is 18.6 Å². The average molecular weight is 263 g/mol. The summed E-state index contributed by atoms with van der Waals surface area (Å²) in [5.74, 6) is 1.09. The van der Waals surface area contributed by atoms with E-state index in [0.29, 0.717) is 23.8 Å². The molecule has 2 rings (SSSR count). The van der Waals surface area contributed by atoms with Crippen LogP contribution in [0.15, 0.2) is 24.3 Å². The van der Waals surface area contributed by atoms with Crippen molar-refractivity contribution in [1.29, 1.82) is 0 Å². The van der Waals surface area contributed by atoms with Crippen molar-refractivity contribution in [2.45, 2.75) is 26.7 Å². The summed E-state index contributed by atoms with van der Waals surface area (Å²) in [5.41, 5.74) is 0.484. The Balaban J connectivity index is 1.86. The van der Waals surface area contributed by atoms with Gasteiger partial charge in [-0.25, -0.2) is 4.39 Å². The minimum Gasteiger partial charge on any atom is -0.302 e. The summed E-state index contributed by atoms with van der Waals surface area (Å²) in [6, 6.07) is 5.97. The molecule has 0 N–H and O–H groups in total. The smallest absolute Gasteiger partial charge is 0.164 e. The average Bonchev–Trinajstić information content (AvgIpc) is 2.35. The minimum atomic E-state index is -0.342. The lowest BCUT2D eigenvalue weighted by Crippen LogP contribution is -2.39. The van der Waals surface area contributed by atoms with Crippen LogP contribution in [0.2, 0.25) is 0 Å². The number of ketones is 1. The molecular formula is C16H22FNO.